The highest BCUT2D eigenvalue weighted by Crippen LogP contribution is 2.08. The lowest BCUT2D eigenvalue weighted by Gasteiger charge is -2.03. The quantitative estimate of drug-likeness (QED) is 0.687. The van der Waals surface area contributed by atoms with E-state index in [2.05, 4.69) is 0 Å². The normalized spacial score (nSPS) is 10.6. The summed E-state index contributed by atoms with van der Waals surface area (Å²) in [5.74, 6) is -1.00. The smallest absolute Gasteiger partial charge is 0.243 e. The van der Waals surface area contributed by atoms with Crippen LogP contribution in [0, 0.1) is 0 Å². The largest absolute Gasteiger partial charge is 0.368 e. The Bertz CT molecular complexity index is 441. The predicted octanol–water partition coefficient (Wildman–Crippen LogP) is 0.187. The first-order valence-corrected chi connectivity index (χ1v) is 5.00. The van der Waals surface area contributed by atoms with E-state index in [9.17, 15) is 9.59 Å². The van der Waals surface area contributed by atoms with Gasteiger partial charge in [0.1, 0.15) is 6.61 Å². The van der Waals surface area contributed by atoms with Gasteiger partial charge in [-0.1, -0.05) is 18.2 Å². The van der Waals surface area contributed by atoms with Crippen LogP contribution in [0.5, 0.6) is 0 Å². The number of rotatable bonds is 6. The van der Waals surface area contributed by atoms with Crippen LogP contribution in [0.4, 0.5) is 0 Å². The zero-order valence-electron chi connectivity index (χ0n) is 9.26. The van der Waals surface area contributed by atoms with E-state index in [1.54, 1.807) is 6.08 Å². The molecule has 0 spiro atoms. The van der Waals surface area contributed by atoms with Gasteiger partial charge in [-0.2, -0.15) is 0 Å². The molecular weight excluding hydrogens is 220 g/mol. The molecule has 1 rings (SSSR count). The molecule has 5 nitrogen and oxygen atoms in total. The minimum atomic E-state index is -0.505. The number of primary amides is 2. The van der Waals surface area contributed by atoms with E-state index >= 15 is 0 Å². The van der Waals surface area contributed by atoms with Crippen LogP contribution < -0.4 is 11.5 Å². The van der Waals surface area contributed by atoms with Gasteiger partial charge < -0.3 is 16.2 Å². The molecule has 17 heavy (non-hydrogen) atoms. The SMILES string of the molecule is NC(=O)/C=C/c1cccc(COCC(N)=O)c1. The van der Waals surface area contributed by atoms with Crippen LogP contribution in [0.1, 0.15) is 11.1 Å². The fraction of sp³-hybridized carbons (Fsp3) is 0.167. The Morgan fingerprint density at radius 2 is 2.06 bits per heavy atom. The summed E-state index contributed by atoms with van der Waals surface area (Å²) in [6.07, 6.45) is 2.89. The number of amides is 2. The van der Waals surface area contributed by atoms with Crippen molar-refractivity contribution in [3.63, 3.8) is 0 Å². The Morgan fingerprint density at radius 1 is 1.29 bits per heavy atom. The summed E-state index contributed by atoms with van der Waals surface area (Å²) in [6.45, 7) is 0.183. The standard InChI is InChI=1S/C12H14N2O3/c13-11(15)5-4-9-2-1-3-10(6-9)7-17-8-12(14)16/h1-6H,7-8H2,(H2,13,15)(H2,14,16)/b5-4+. The molecule has 0 heterocycles. The van der Waals surface area contributed by atoms with Crippen molar-refractivity contribution in [2.75, 3.05) is 6.61 Å². The van der Waals surface area contributed by atoms with Crippen LogP contribution in [0.2, 0.25) is 0 Å². The van der Waals surface area contributed by atoms with E-state index in [0.717, 1.165) is 11.1 Å². The molecule has 4 N–H and O–H groups in total. The van der Waals surface area contributed by atoms with Gasteiger partial charge in [0, 0.05) is 6.08 Å². The second-order valence-corrected chi connectivity index (χ2v) is 3.44. The highest BCUT2D eigenvalue weighted by atomic mass is 16.5. The molecule has 0 saturated carbocycles. The van der Waals surface area contributed by atoms with Crippen molar-refractivity contribution in [1.82, 2.24) is 0 Å². The molecule has 0 bridgehead atoms. The summed E-state index contributed by atoms with van der Waals surface area (Å²) < 4.78 is 5.07. The third-order valence-electron chi connectivity index (χ3n) is 1.90. The molecule has 90 valence electrons. The molecule has 0 saturated heterocycles. The monoisotopic (exact) mass is 234 g/mol. The lowest BCUT2D eigenvalue weighted by Crippen LogP contribution is -2.17. The average molecular weight is 234 g/mol. The molecule has 0 aromatic heterocycles. The molecular formula is C12H14N2O3. The van der Waals surface area contributed by atoms with Crippen molar-refractivity contribution in [2.45, 2.75) is 6.61 Å². The molecule has 0 atom stereocenters. The maximum Gasteiger partial charge on any atom is 0.243 e. The summed E-state index contributed by atoms with van der Waals surface area (Å²) in [5.41, 5.74) is 11.7. The van der Waals surface area contributed by atoms with E-state index in [1.165, 1.54) is 6.08 Å². The highest BCUT2D eigenvalue weighted by molar-refractivity contribution is 5.90. The van der Waals surface area contributed by atoms with E-state index in [0.29, 0.717) is 6.61 Å². The van der Waals surface area contributed by atoms with Crippen LogP contribution in [-0.2, 0) is 20.9 Å². The van der Waals surface area contributed by atoms with Crippen LogP contribution in [0.25, 0.3) is 6.08 Å². The molecule has 0 aliphatic rings. The van der Waals surface area contributed by atoms with Crippen LogP contribution in [-0.4, -0.2) is 18.4 Å². The van der Waals surface area contributed by atoms with Gasteiger partial charge in [-0.25, -0.2) is 0 Å². The zero-order valence-corrected chi connectivity index (χ0v) is 9.26. The molecule has 0 fully saturated rings. The molecule has 0 aliphatic carbocycles. The van der Waals surface area contributed by atoms with Gasteiger partial charge in [0.2, 0.25) is 11.8 Å². The molecule has 0 radical (unpaired) electrons. The Hall–Kier alpha value is -2.14. The Labute approximate surface area is 99.0 Å². The van der Waals surface area contributed by atoms with Crippen molar-refractivity contribution in [2.24, 2.45) is 11.5 Å². The third kappa shape index (κ3) is 5.48. The molecule has 2 amide bonds. The van der Waals surface area contributed by atoms with Crippen molar-refractivity contribution < 1.29 is 14.3 Å². The van der Waals surface area contributed by atoms with Crippen molar-refractivity contribution in [3.8, 4) is 0 Å². The number of benzene rings is 1. The number of carbonyl (C=O) groups excluding carboxylic acids is 2. The van der Waals surface area contributed by atoms with Gasteiger partial charge in [0.25, 0.3) is 0 Å². The van der Waals surface area contributed by atoms with Crippen LogP contribution in [0.3, 0.4) is 0 Å². The van der Waals surface area contributed by atoms with Crippen LogP contribution in [0.15, 0.2) is 30.3 Å². The molecule has 1 aromatic carbocycles. The second kappa shape index (κ2) is 6.44. The molecule has 5 heteroatoms. The summed E-state index contributed by atoms with van der Waals surface area (Å²) >= 11 is 0. The fourth-order valence-corrected chi connectivity index (χ4v) is 1.23. The van der Waals surface area contributed by atoms with Gasteiger partial charge in [-0.05, 0) is 23.3 Å². The van der Waals surface area contributed by atoms with Gasteiger partial charge >= 0.3 is 0 Å². The number of carbonyl (C=O) groups is 2. The Balaban J connectivity index is 2.59. The van der Waals surface area contributed by atoms with Crippen molar-refractivity contribution in [3.05, 3.63) is 41.5 Å². The molecule has 1 aromatic rings. The van der Waals surface area contributed by atoms with Gasteiger partial charge in [0.15, 0.2) is 0 Å². The van der Waals surface area contributed by atoms with E-state index in [1.807, 2.05) is 24.3 Å². The number of ether oxygens (including phenoxy) is 1. The highest BCUT2D eigenvalue weighted by Gasteiger charge is 1.97. The molecule has 0 unspecified atom stereocenters. The number of hydrogen-bond acceptors (Lipinski definition) is 3. The lowest BCUT2D eigenvalue weighted by molar-refractivity contribution is -0.122. The van der Waals surface area contributed by atoms with E-state index < -0.39 is 11.8 Å². The van der Waals surface area contributed by atoms with Gasteiger partial charge in [-0.15, -0.1) is 0 Å². The molecule has 0 aliphatic heterocycles. The number of hydrogen-bond donors (Lipinski definition) is 2. The lowest BCUT2D eigenvalue weighted by atomic mass is 10.1. The van der Waals surface area contributed by atoms with Crippen molar-refractivity contribution >= 4 is 17.9 Å². The first kappa shape index (κ1) is 12.9. The first-order valence-electron chi connectivity index (χ1n) is 5.00. The average Bonchev–Trinajstić information content (AvgIpc) is 2.26. The van der Waals surface area contributed by atoms with Gasteiger partial charge in [-0.3, -0.25) is 9.59 Å². The first-order chi connectivity index (χ1) is 8.08. The fourth-order valence-electron chi connectivity index (χ4n) is 1.23. The maximum absolute atomic E-state index is 10.6. The Morgan fingerprint density at radius 3 is 2.71 bits per heavy atom. The maximum atomic E-state index is 10.6. The van der Waals surface area contributed by atoms with E-state index in [4.69, 9.17) is 16.2 Å². The predicted molar refractivity (Wildman–Crippen MR) is 63.5 cm³/mol. The zero-order chi connectivity index (χ0) is 12.7. The van der Waals surface area contributed by atoms with E-state index in [-0.39, 0.29) is 6.61 Å². The third-order valence-corrected chi connectivity index (χ3v) is 1.90. The van der Waals surface area contributed by atoms with Gasteiger partial charge in [0.05, 0.1) is 6.61 Å². The topological polar surface area (TPSA) is 95.4 Å². The Kier molecular flexibility index (Phi) is 4.90. The minimum Gasteiger partial charge on any atom is -0.368 e. The summed E-state index contributed by atoms with van der Waals surface area (Å²) in [5, 5.41) is 0. The van der Waals surface area contributed by atoms with Crippen molar-refractivity contribution in [1.29, 1.82) is 0 Å². The van der Waals surface area contributed by atoms with Crippen LogP contribution >= 0.6 is 0 Å². The minimum absolute atomic E-state index is 0.110. The summed E-state index contributed by atoms with van der Waals surface area (Å²) in [4.78, 5) is 21.0. The summed E-state index contributed by atoms with van der Waals surface area (Å²) in [7, 11) is 0. The second-order valence-electron chi connectivity index (χ2n) is 3.44. The number of nitrogens with two attached hydrogens (primary N) is 2. The summed E-state index contributed by atoms with van der Waals surface area (Å²) in [6, 6.07) is 7.34.